The monoisotopic (exact) mass is 333 g/mol. The van der Waals surface area contributed by atoms with Gasteiger partial charge < -0.3 is 16.0 Å². The molecule has 0 aliphatic carbocycles. The molecule has 0 aromatic heterocycles. The minimum Gasteiger partial charge on any atom is -0.366 e. The number of nitrogens with one attached hydrogen (secondary N) is 1. The number of hydrogen-bond acceptors (Lipinski definition) is 3. The lowest BCUT2D eigenvalue weighted by atomic mass is 10.1. The summed E-state index contributed by atoms with van der Waals surface area (Å²) in [5.41, 5.74) is 5.96. The van der Waals surface area contributed by atoms with Crippen molar-refractivity contribution in [2.45, 2.75) is 46.0 Å². The molecule has 6 heteroatoms. The average Bonchev–Trinajstić information content (AvgIpc) is 2.54. The Morgan fingerprint density at radius 1 is 1.04 bits per heavy atom. The van der Waals surface area contributed by atoms with Crippen LogP contribution in [0.25, 0.3) is 0 Å². The van der Waals surface area contributed by atoms with E-state index in [1.165, 1.54) is 0 Å². The van der Waals surface area contributed by atoms with Gasteiger partial charge in [-0.3, -0.25) is 14.4 Å². The zero-order valence-electron chi connectivity index (χ0n) is 14.5. The van der Waals surface area contributed by atoms with E-state index >= 15 is 0 Å². The lowest BCUT2D eigenvalue weighted by Gasteiger charge is -2.21. The molecular weight excluding hydrogens is 306 g/mol. The van der Waals surface area contributed by atoms with Crippen LogP contribution in [0, 0.1) is 0 Å². The highest BCUT2D eigenvalue weighted by Crippen LogP contribution is 2.15. The fourth-order valence-corrected chi connectivity index (χ4v) is 2.48. The predicted molar refractivity (Wildman–Crippen MR) is 94.6 cm³/mol. The van der Waals surface area contributed by atoms with Gasteiger partial charge in [0.1, 0.15) is 0 Å². The molecule has 0 spiro atoms. The van der Waals surface area contributed by atoms with Gasteiger partial charge in [-0.05, 0) is 31.4 Å². The summed E-state index contributed by atoms with van der Waals surface area (Å²) in [5, 5.41) is 2.68. The van der Waals surface area contributed by atoms with Crippen LogP contribution in [-0.4, -0.2) is 35.7 Å². The predicted octanol–water partition coefficient (Wildman–Crippen LogP) is 2.54. The second-order valence-electron chi connectivity index (χ2n) is 5.69. The van der Waals surface area contributed by atoms with Crippen molar-refractivity contribution in [3.05, 3.63) is 29.8 Å². The van der Waals surface area contributed by atoms with Crippen molar-refractivity contribution < 1.29 is 14.4 Å². The molecule has 1 aromatic carbocycles. The maximum atomic E-state index is 12.1. The van der Waals surface area contributed by atoms with Crippen molar-refractivity contribution in [2.24, 2.45) is 5.73 Å². The molecule has 0 heterocycles. The first kappa shape index (κ1) is 19.7. The highest BCUT2D eigenvalue weighted by Gasteiger charge is 2.13. The number of benzene rings is 1. The molecule has 0 aliphatic rings. The van der Waals surface area contributed by atoms with E-state index in [1.807, 2.05) is 18.7 Å². The highest BCUT2D eigenvalue weighted by atomic mass is 16.2. The number of hydrogen-bond donors (Lipinski definition) is 2. The van der Waals surface area contributed by atoms with E-state index in [4.69, 9.17) is 5.73 Å². The van der Waals surface area contributed by atoms with Crippen molar-refractivity contribution in [3.63, 3.8) is 0 Å². The molecule has 1 aromatic rings. The summed E-state index contributed by atoms with van der Waals surface area (Å²) in [4.78, 5) is 37.3. The molecule has 0 saturated carbocycles. The molecule has 0 unspecified atom stereocenters. The van der Waals surface area contributed by atoms with Gasteiger partial charge in [0.15, 0.2) is 0 Å². The van der Waals surface area contributed by atoms with E-state index < -0.39 is 5.91 Å². The van der Waals surface area contributed by atoms with Gasteiger partial charge in [-0.15, -0.1) is 0 Å². The average molecular weight is 333 g/mol. The third-order valence-electron chi connectivity index (χ3n) is 3.60. The normalized spacial score (nSPS) is 10.2. The third kappa shape index (κ3) is 6.40. The fourth-order valence-electron chi connectivity index (χ4n) is 2.48. The topological polar surface area (TPSA) is 92.5 Å². The smallest absolute Gasteiger partial charge is 0.250 e. The molecule has 0 bridgehead atoms. The number of amides is 3. The van der Waals surface area contributed by atoms with Crippen LogP contribution in [0.5, 0.6) is 0 Å². The van der Waals surface area contributed by atoms with Gasteiger partial charge in [0.25, 0.3) is 5.91 Å². The number of nitrogens with two attached hydrogens (primary N) is 1. The number of para-hydroxylation sites is 1. The van der Waals surface area contributed by atoms with E-state index in [0.29, 0.717) is 18.5 Å². The van der Waals surface area contributed by atoms with Gasteiger partial charge in [-0.25, -0.2) is 0 Å². The Kier molecular flexibility index (Phi) is 8.54. The third-order valence-corrected chi connectivity index (χ3v) is 3.60. The van der Waals surface area contributed by atoms with Crippen LogP contribution in [0.15, 0.2) is 24.3 Å². The number of carbonyl (C=O) groups excluding carboxylic acids is 3. The standard InChI is InChI=1S/C18H27N3O3/c1-3-12-21(13-4-2)17(23)11-7-10-16(22)20-15-9-6-5-8-14(15)18(19)24/h5-6,8-9H,3-4,7,10-13H2,1-2H3,(H2,19,24)(H,20,22). The van der Waals surface area contributed by atoms with Crippen molar-refractivity contribution >= 4 is 23.4 Å². The Morgan fingerprint density at radius 3 is 2.25 bits per heavy atom. The number of anilines is 1. The summed E-state index contributed by atoms with van der Waals surface area (Å²) in [7, 11) is 0. The molecule has 3 amide bonds. The minimum atomic E-state index is -0.587. The van der Waals surface area contributed by atoms with Crippen molar-refractivity contribution in [3.8, 4) is 0 Å². The van der Waals surface area contributed by atoms with Crippen LogP contribution >= 0.6 is 0 Å². The second kappa shape index (κ2) is 10.4. The number of carbonyl (C=O) groups is 3. The first-order valence-corrected chi connectivity index (χ1v) is 8.46. The number of rotatable bonds is 10. The minimum absolute atomic E-state index is 0.0871. The first-order valence-electron chi connectivity index (χ1n) is 8.46. The van der Waals surface area contributed by atoms with Crippen LogP contribution in [0.3, 0.4) is 0 Å². The zero-order valence-corrected chi connectivity index (χ0v) is 14.5. The Hall–Kier alpha value is -2.37. The lowest BCUT2D eigenvalue weighted by Crippen LogP contribution is -2.32. The highest BCUT2D eigenvalue weighted by molar-refractivity contribution is 6.03. The summed E-state index contributed by atoms with van der Waals surface area (Å²) < 4.78 is 0. The number of primary amides is 1. The van der Waals surface area contributed by atoms with Gasteiger partial charge in [0.2, 0.25) is 11.8 Å². The Bertz CT molecular complexity index is 566. The molecule has 0 atom stereocenters. The number of nitrogens with zero attached hydrogens (tertiary/aromatic N) is 1. The van der Waals surface area contributed by atoms with Crippen LogP contribution in [0.1, 0.15) is 56.3 Å². The zero-order chi connectivity index (χ0) is 17.9. The van der Waals surface area contributed by atoms with Crippen molar-refractivity contribution in [1.29, 1.82) is 0 Å². The van der Waals surface area contributed by atoms with Gasteiger partial charge >= 0.3 is 0 Å². The Balaban J connectivity index is 2.47. The molecule has 0 radical (unpaired) electrons. The molecule has 132 valence electrons. The van der Waals surface area contributed by atoms with E-state index in [0.717, 1.165) is 25.9 Å². The Morgan fingerprint density at radius 2 is 1.67 bits per heavy atom. The molecule has 6 nitrogen and oxygen atoms in total. The molecule has 0 aliphatic heterocycles. The van der Waals surface area contributed by atoms with Crippen molar-refractivity contribution in [1.82, 2.24) is 4.90 Å². The molecule has 3 N–H and O–H groups in total. The summed E-state index contributed by atoms with van der Waals surface area (Å²) in [6.45, 7) is 5.59. The maximum absolute atomic E-state index is 12.1. The SMILES string of the molecule is CCCN(CCC)C(=O)CCCC(=O)Nc1ccccc1C(N)=O. The van der Waals surface area contributed by atoms with Crippen LogP contribution < -0.4 is 11.1 Å². The molecule has 24 heavy (non-hydrogen) atoms. The van der Waals surface area contributed by atoms with Gasteiger partial charge in [0.05, 0.1) is 11.3 Å². The van der Waals surface area contributed by atoms with Gasteiger partial charge in [0, 0.05) is 25.9 Å². The largest absolute Gasteiger partial charge is 0.366 e. The summed E-state index contributed by atoms with van der Waals surface area (Å²) in [5.74, 6) is -0.728. The molecule has 1 rings (SSSR count). The lowest BCUT2D eigenvalue weighted by molar-refractivity contribution is -0.131. The van der Waals surface area contributed by atoms with E-state index in [9.17, 15) is 14.4 Å². The second-order valence-corrected chi connectivity index (χ2v) is 5.69. The van der Waals surface area contributed by atoms with E-state index in [-0.39, 0.29) is 23.8 Å². The van der Waals surface area contributed by atoms with Crippen molar-refractivity contribution in [2.75, 3.05) is 18.4 Å². The molecule has 0 fully saturated rings. The van der Waals surface area contributed by atoms with Gasteiger partial charge in [-0.1, -0.05) is 26.0 Å². The molecular formula is C18H27N3O3. The summed E-state index contributed by atoms with van der Waals surface area (Å²) >= 11 is 0. The fraction of sp³-hybridized carbons (Fsp3) is 0.500. The maximum Gasteiger partial charge on any atom is 0.250 e. The first-order chi connectivity index (χ1) is 11.5. The van der Waals surface area contributed by atoms with Crippen LogP contribution in [0.2, 0.25) is 0 Å². The summed E-state index contributed by atoms with van der Waals surface area (Å²) in [6, 6.07) is 6.60. The van der Waals surface area contributed by atoms with Gasteiger partial charge in [-0.2, -0.15) is 0 Å². The van der Waals surface area contributed by atoms with Crippen LogP contribution in [-0.2, 0) is 9.59 Å². The van der Waals surface area contributed by atoms with E-state index in [2.05, 4.69) is 5.32 Å². The Labute approximate surface area is 143 Å². The van der Waals surface area contributed by atoms with Crippen LogP contribution in [0.4, 0.5) is 5.69 Å². The van der Waals surface area contributed by atoms with E-state index in [1.54, 1.807) is 24.3 Å². The molecule has 0 saturated heterocycles. The summed E-state index contributed by atoms with van der Waals surface area (Å²) in [6.07, 6.45) is 2.91. The quantitative estimate of drug-likeness (QED) is 0.689.